The van der Waals surface area contributed by atoms with E-state index >= 15 is 0 Å². The van der Waals surface area contributed by atoms with Gasteiger partial charge in [-0.3, -0.25) is 9.59 Å². The molecule has 0 bridgehead atoms. The molecule has 2 N–H and O–H groups in total. The number of piperidine rings is 1. The number of sulfonamides is 1. The number of rotatable bonds is 7. The fourth-order valence-corrected chi connectivity index (χ4v) is 7.07. The molecular weight excluding hydrogens is 521 g/mol. The molecule has 36 heavy (non-hydrogen) atoms. The normalized spacial score (nSPS) is 19.6. The number of anilines is 1. The summed E-state index contributed by atoms with van der Waals surface area (Å²) in [7, 11) is -3.69. The third-order valence-corrected chi connectivity index (χ3v) is 9.25. The lowest BCUT2D eigenvalue weighted by atomic mass is 9.95. The quantitative estimate of drug-likeness (QED) is 0.492. The second kappa shape index (κ2) is 11.9. The molecule has 0 aromatic heterocycles. The van der Waals surface area contributed by atoms with Gasteiger partial charge in [0, 0.05) is 29.2 Å². The number of para-hydroxylation sites is 1. The molecule has 1 saturated carbocycles. The predicted octanol–water partition coefficient (Wildman–Crippen LogP) is 5.24. The zero-order chi connectivity index (χ0) is 25.7. The first kappa shape index (κ1) is 26.9. The molecule has 1 saturated heterocycles. The highest BCUT2D eigenvalue weighted by Gasteiger charge is 2.33. The maximum atomic E-state index is 13.2. The number of hydrogen-bond acceptors (Lipinski definition) is 4. The first-order valence-corrected chi connectivity index (χ1v) is 14.7. The van der Waals surface area contributed by atoms with E-state index in [-0.39, 0.29) is 30.2 Å². The summed E-state index contributed by atoms with van der Waals surface area (Å²) in [4.78, 5) is 26.1. The van der Waals surface area contributed by atoms with Gasteiger partial charge in [-0.1, -0.05) is 60.7 Å². The molecule has 194 valence electrons. The fraction of sp³-hybridized carbons (Fsp3) is 0.462. The van der Waals surface area contributed by atoms with Crippen molar-refractivity contribution >= 4 is 50.7 Å². The number of hydrogen-bond donors (Lipinski definition) is 2. The van der Waals surface area contributed by atoms with Crippen molar-refractivity contribution in [2.75, 3.05) is 18.4 Å². The predicted molar refractivity (Wildman–Crippen MR) is 143 cm³/mol. The number of nitrogens with zero attached hydrogens (tertiary/aromatic N) is 1. The maximum absolute atomic E-state index is 13.2. The van der Waals surface area contributed by atoms with Crippen molar-refractivity contribution in [2.45, 2.75) is 56.7 Å². The number of carbonyl (C=O) groups excluding carboxylic acids is 2. The molecule has 2 amide bonds. The molecule has 7 nitrogen and oxygen atoms in total. The standard InChI is InChI=1S/C26H31Cl2N3O4S/c27-20-13-12-19(23(28)15-20)17-36(34,35)31-14-6-7-18(16-31)25(32)30-24-11-5-4-10-22(24)26(33)29-21-8-2-1-3-9-21/h4-5,10-13,15,18,21H,1-3,6-9,14,16-17H2,(H,29,33)(H,30,32)/t18-/m0/s1. The molecule has 10 heteroatoms. The molecule has 4 rings (SSSR count). The van der Waals surface area contributed by atoms with Crippen molar-refractivity contribution in [3.63, 3.8) is 0 Å². The summed E-state index contributed by atoms with van der Waals surface area (Å²) < 4.78 is 27.6. The Labute approximate surface area is 222 Å². The number of nitrogens with one attached hydrogen (secondary N) is 2. The van der Waals surface area contributed by atoms with E-state index in [4.69, 9.17) is 23.2 Å². The molecule has 0 unspecified atom stereocenters. The molecule has 1 aliphatic heterocycles. The minimum absolute atomic E-state index is 0.0792. The van der Waals surface area contributed by atoms with Gasteiger partial charge in [0.2, 0.25) is 15.9 Å². The van der Waals surface area contributed by atoms with E-state index in [1.165, 1.54) is 16.8 Å². The molecule has 0 spiro atoms. The third kappa shape index (κ3) is 6.79. The first-order chi connectivity index (χ1) is 17.2. The fourth-order valence-electron chi connectivity index (χ4n) is 4.87. The van der Waals surface area contributed by atoms with E-state index in [1.807, 2.05) is 0 Å². The lowest BCUT2D eigenvalue weighted by Gasteiger charge is -2.31. The van der Waals surface area contributed by atoms with Gasteiger partial charge in [0.05, 0.1) is 22.9 Å². The Hall–Kier alpha value is -2.13. The van der Waals surface area contributed by atoms with Gasteiger partial charge in [-0.25, -0.2) is 12.7 Å². The SMILES string of the molecule is O=C(NC1CCCCC1)c1ccccc1NC(=O)[C@H]1CCCN(S(=O)(=O)Cc2ccc(Cl)cc2Cl)C1. The summed E-state index contributed by atoms with van der Waals surface area (Å²) in [6.07, 6.45) is 6.47. The van der Waals surface area contributed by atoms with Crippen molar-refractivity contribution in [1.29, 1.82) is 0 Å². The van der Waals surface area contributed by atoms with Crippen LogP contribution < -0.4 is 10.6 Å². The van der Waals surface area contributed by atoms with Crippen LogP contribution in [0.4, 0.5) is 5.69 Å². The van der Waals surface area contributed by atoms with Gasteiger partial charge < -0.3 is 10.6 Å². The topological polar surface area (TPSA) is 95.6 Å². The number of halogens is 2. The van der Waals surface area contributed by atoms with Gasteiger partial charge in [-0.05, 0) is 55.5 Å². The summed E-state index contributed by atoms with van der Waals surface area (Å²) >= 11 is 12.1. The molecule has 1 heterocycles. The van der Waals surface area contributed by atoms with Crippen LogP contribution in [0.2, 0.25) is 10.0 Å². The van der Waals surface area contributed by atoms with E-state index in [0.29, 0.717) is 46.2 Å². The van der Waals surface area contributed by atoms with Crippen LogP contribution in [0.15, 0.2) is 42.5 Å². The Morgan fingerprint density at radius 3 is 2.47 bits per heavy atom. The molecule has 2 aromatic rings. The first-order valence-electron chi connectivity index (χ1n) is 12.4. The van der Waals surface area contributed by atoms with Crippen LogP contribution in [0.5, 0.6) is 0 Å². The molecule has 1 aliphatic carbocycles. The van der Waals surface area contributed by atoms with E-state index in [0.717, 1.165) is 25.7 Å². The number of benzene rings is 2. The smallest absolute Gasteiger partial charge is 0.253 e. The maximum Gasteiger partial charge on any atom is 0.253 e. The second-order valence-electron chi connectivity index (χ2n) is 9.53. The van der Waals surface area contributed by atoms with Gasteiger partial charge in [0.1, 0.15) is 0 Å². The van der Waals surface area contributed by atoms with E-state index in [1.54, 1.807) is 36.4 Å². The lowest BCUT2D eigenvalue weighted by molar-refractivity contribution is -0.120. The van der Waals surface area contributed by atoms with Gasteiger partial charge in [0.15, 0.2) is 0 Å². The van der Waals surface area contributed by atoms with Crippen LogP contribution in [0.3, 0.4) is 0 Å². The molecule has 2 aromatic carbocycles. The zero-order valence-electron chi connectivity index (χ0n) is 20.0. The van der Waals surface area contributed by atoms with Crippen molar-refractivity contribution < 1.29 is 18.0 Å². The average Bonchev–Trinajstić information content (AvgIpc) is 2.87. The highest BCUT2D eigenvalue weighted by atomic mass is 35.5. The van der Waals surface area contributed by atoms with Crippen molar-refractivity contribution in [3.8, 4) is 0 Å². The van der Waals surface area contributed by atoms with Crippen LogP contribution in [-0.4, -0.2) is 43.7 Å². The van der Waals surface area contributed by atoms with Crippen LogP contribution >= 0.6 is 23.2 Å². The van der Waals surface area contributed by atoms with Gasteiger partial charge in [0.25, 0.3) is 5.91 Å². The Kier molecular flexibility index (Phi) is 8.93. The van der Waals surface area contributed by atoms with Gasteiger partial charge in [-0.15, -0.1) is 0 Å². The molecule has 0 radical (unpaired) electrons. The molecule has 2 aliphatic rings. The number of carbonyl (C=O) groups is 2. The van der Waals surface area contributed by atoms with Crippen LogP contribution in [-0.2, 0) is 20.6 Å². The molecular formula is C26H31Cl2N3O4S. The molecule has 2 fully saturated rings. The van der Waals surface area contributed by atoms with Crippen molar-refractivity contribution in [3.05, 3.63) is 63.6 Å². The molecule has 1 atom stereocenters. The summed E-state index contributed by atoms with van der Waals surface area (Å²) in [6.45, 7) is 0.424. The second-order valence-corrected chi connectivity index (χ2v) is 12.3. The Morgan fingerprint density at radius 2 is 1.72 bits per heavy atom. The Morgan fingerprint density at radius 1 is 0.972 bits per heavy atom. The highest BCUT2D eigenvalue weighted by Crippen LogP contribution is 2.27. The zero-order valence-corrected chi connectivity index (χ0v) is 22.3. The third-order valence-electron chi connectivity index (χ3n) is 6.87. The van der Waals surface area contributed by atoms with Crippen LogP contribution in [0.1, 0.15) is 60.9 Å². The minimum atomic E-state index is -3.69. The number of amides is 2. The summed E-state index contributed by atoms with van der Waals surface area (Å²) in [5, 5.41) is 6.69. The van der Waals surface area contributed by atoms with Gasteiger partial charge >= 0.3 is 0 Å². The average molecular weight is 553 g/mol. The summed E-state index contributed by atoms with van der Waals surface area (Å²) in [6, 6.07) is 11.8. The summed E-state index contributed by atoms with van der Waals surface area (Å²) in [5.41, 5.74) is 1.31. The Bertz CT molecular complexity index is 1220. The summed E-state index contributed by atoms with van der Waals surface area (Å²) in [5.74, 6) is -1.28. The largest absolute Gasteiger partial charge is 0.349 e. The highest BCUT2D eigenvalue weighted by molar-refractivity contribution is 7.88. The van der Waals surface area contributed by atoms with Crippen molar-refractivity contribution in [2.24, 2.45) is 5.92 Å². The monoisotopic (exact) mass is 551 g/mol. The minimum Gasteiger partial charge on any atom is -0.349 e. The Balaban J connectivity index is 1.41. The lowest BCUT2D eigenvalue weighted by Crippen LogP contribution is -2.44. The van der Waals surface area contributed by atoms with Crippen LogP contribution in [0.25, 0.3) is 0 Å². The van der Waals surface area contributed by atoms with E-state index in [9.17, 15) is 18.0 Å². The van der Waals surface area contributed by atoms with Crippen LogP contribution in [0, 0.1) is 5.92 Å². The van der Waals surface area contributed by atoms with E-state index < -0.39 is 15.9 Å². The van der Waals surface area contributed by atoms with Gasteiger partial charge in [-0.2, -0.15) is 0 Å². The van der Waals surface area contributed by atoms with Crippen molar-refractivity contribution in [1.82, 2.24) is 9.62 Å². The van der Waals surface area contributed by atoms with E-state index in [2.05, 4.69) is 10.6 Å².